The minimum absolute atomic E-state index is 0.0205. The molecule has 3 heterocycles. The second kappa shape index (κ2) is 10.7. The lowest BCUT2D eigenvalue weighted by Gasteiger charge is -2.28. The Morgan fingerprint density at radius 2 is 2.06 bits per heavy atom. The van der Waals surface area contributed by atoms with Gasteiger partial charge in [-0.15, -0.1) is 0 Å². The maximum absolute atomic E-state index is 13.0. The number of nitrogen functional groups attached to an aromatic ring is 1. The van der Waals surface area contributed by atoms with Crippen molar-refractivity contribution in [2.75, 3.05) is 57.6 Å². The van der Waals surface area contributed by atoms with Gasteiger partial charge in [0.25, 0.3) is 11.5 Å². The molecule has 1 aliphatic heterocycles. The van der Waals surface area contributed by atoms with Gasteiger partial charge in [0.05, 0.1) is 31.3 Å². The Hall–Kier alpha value is -3.74. The Labute approximate surface area is 201 Å². The molecular weight excluding hydrogens is 456 g/mol. The molecule has 0 radical (unpaired) electrons. The first kappa shape index (κ1) is 24.4. The Morgan fingerprint density at radius 3 is 2.74 bits per heavy atom. The van der Waals surface area contributed by atoms with Gasteiger partial charge in [-0.1, -0.05) is 0 Å². The lowest BCUT2D eigenvalue weighted by Crippen LogP contribution is -2.42. The van der Waals surface area contributed by atoms with Gasteiger partial charge >= 0.3 is 0 Å². The van der Waals surface area contributed by atoms with E-state index in [0.29, 0.717) is 25.5 Å². The highest BCUT2D eigenvalue weighted by Gasteiger charge is 2.20. The summed E-state index contributed by atoms with van der Waals surface area (Å²) in [5.41, 5.74) is 5.68. The summed E-state index contributed by atoms with van der Waals surface area (Å²) in [5, 5.41) is 13.3. The van der Waals surface area contributed by atoms with Crippen molar-refractivity contribution >= 4 is 28.6 Å². The molecular formula is C23H28N6O6. The molecule has 0 saturated carbocycles. The van der Waals surface area contributed by atoms with E-state index in [4.69, 9.17) is 19.9 Å². The number of amides is 1. The number of β-amino-alcohol motifs (C(OH)–C–C–N with tert-alkyl or cyclic N) is 1. The smallest absolute Gasteiger partial charge is 0.262 e. The lowest BCUT2D eigenvalue weighted by atomic mass is 10.2. The minimum Gasteiger partial charge on any atom is -0.491 e. The van der Waals surface area contributed by atoms with E-state index in [1.54, 1.807) is 12.1 Å². The van der Waals surface area contributed by atoms with E-state index in [0.717, 1.165) is 13.1 Å². The fraction of sp³-hybridized carbons (Fsp3) is 0.391. The number of anilines is 2. The predicted molar refractivity (Wildman–Crippen MR) is 129 cm³/mol. The average molecular weight is 485 g/mol. The molecule has 35 heavy (non-hydrogen) atoms. The third-order valence-corrected chi connectivity index (χ3v) is 5.65. The summed E-state index contributed by atoms with van der Waals surface area (Å²) in [7, 11) is 2.94. The van der Waals surface area contributed by atoms with Gasteiger partial charge in [0.2, 0.25) is 5.95 Å². The van der Waals surface area contributed by atoms with Gasteiger partial charge in [-0.2, -0.15) is 0 Å². The molecule has 4 rings (SSSR count). The summed E-state index contributed by atoms with van der Waals surface area (Å²) in [6.45, 7) is 3.27. The highest BCUT2D eigenvalue weighted by Crippen LogP contribution is 2.34. The summed E-state index contributed by atoms with van der Waals surface area (Å²) in [5.74, 6) is 0.347. The number of morpholine rings is 1. The summed E-state index contributed by atoms with van der Waals surface area (Å²) in [6, 6.07) is 6.20. The number of nitrogens with two attached hydrogens (primary N) is 1. The first-order valence-electron chi connectivity index (χ1n) is 11.1. The van der Waals surface area contributed by atoms with Crippen LogP contribution in [-0.4, -0.2) is 83.1 Å². The zero-order chi connectivity index (χ0) is 24.9. The second-order valence-electron chi connectivity index (χ2n) is 8.10. The van der Waals surface area contributed by atoms with Crippen LogP contribution in [0, 0.1) is 0 Å². The van der Waals surface area contributed by atoms with Crippen molar-refractivity contribution in [2.45, 2.75) is 6.10 Å². The van der Waals surface area contributed by atoms with E-state index >= 15 is 0 Å². The monoisotopic (exact) mass is 484 g/mol. The molecule has 12 nitrogen and oxygen atoms in total. The number of hydrogen-bond acceptors (Lipinski definition) is 10. The molecule has 0 spiro atoms. The van der Waals surface area contributed by atoms with Crippen LogP contribution in [0.4, 0.5) is 11.8 Å². The number of aliphatic hydroxyl groups excluding tert-OH is 1. The van der Waals surface area contributed by atoms with Gasteiger partial charge in [0.1, 0.15) is 24.0 Å². The van der Waals surface area contributed by atoms with Crippen molar-refractivity contribution in [3.05, 3.63) is 46.4 Å². The molecule has 1 atom stereocenters. The van der Waals surface area contributed by atoms with E-state index in [9.17, 15) is 14.7 Å². The van der Waals surface area contributed by atoms with E-state index in [1.807, 2.05) is 0 Å². The first-order valence-corrected chi connectivity index (χ1v) is 11.1. The number of hydrogen-bond donors (Lipinski definition) is 3. The third-order valence-electron chi connectivity index (χ3n) is 5.65. The van der Waals surface area contributed by atoms with Gasteiger partial charge in [-0.05, 0) is 24.3 Å². The van der Waals surface area contributed by atoms with Crippen LogP contribution in [0.3, 0.4) is 0 Å². The van der Waals surface area contributed by atoms with E-state index in [2.05, 4.69) is 20.2 Å². The normalized spacial score (nSPS) is 15.1. The number of nitrogens with one attached hydrogen (secondary N) is 1. The summed E-state index contributed by atoms with van der Waals surface area (Å²) in [4.78, 5) is 36.1. The zero-order valence-electron chi connectivity index (χ0n) is 19.6. The van der Waals surface area contributed by atoms with Gasteiger partial charge in [-0.25, -0.2) is 9.97 Å². The molecule has 2 aromatic heterocycles. The number of carbonyl (C=O) groups is 1. The third kappa shape index (κ3) is 5.50. The number of ether oxygens (including phenoxy) is 3. The Kier molecular flexibility index (Phi) is 7.44. The molecule has 1 aliphatic rings. The fourth-order valence-corrected chi connectivity index (χ4v) is 3.75. The summed E-state index contributed by atoms with van der Waals surface area (Å²) < 4.78 is 17.9. The van der Waals surface area contributed by atoms with Crippen molar-refractivity contribution in [2.24, 2.45) is 7.05 Å². The second-order valence-corrected chi connectivity index (χ2v) is 8.10. The van der Waals surface area contributed by atoms with E-state index < -0.39 is 12.0 Å². The maximum Gasteiger partial charge on any atom is 0.262 e. The standard InChI is InChI=1S/C23H28N6O6/c1-28-22(32)16-4-5-17(35-13-15(30)12-29-7-9-34-10-8-29)20(33-2)19(16)26-23(28)27-21(31)14-3-6-18(24)25-11-14/h3-6,11,15,30H,7-10,12-13H2,1-2H3,(H2,24,25)(H,26,27,31)/t15-/m1/s1. The van der Waals surface area contributed by atoms with E-state index in [1.165, 1.54) is 37.1 Å². The van der Waals surface area contributed by atoms with Crippen LogP contribution in [0.5, 0.6) is 11.5 Å². The number of methoxy groups -OCH3 is 1. The Balaban J connectivity index is 1.57. The minimum atomic E-state index is -0.728. The number of nitrogens with zero attached hydrogens (tertiary/aromatic N) is 4. The van der Waals surface area contributed by atoms with Crippen LogP contribution in [0.25, 0.3) is 10.9 Å². The molecule has 186 valence electrons. The predicted octanol–water partition coefficient (Wildman–Crippen LogP) is 0.244. The topological polar surface area (TPSA) is 154 Å². The van der Waals surface area contributed by atoms with Crippen molar-refractivity contribution in [1.29, 1.82) is 0 Å². The molecule has 1 fully saturated rings. The highest BCUT2D eigenvalue weighted by atomic mass is 16.5. The van der Waals surface area contributed by atoms with Gasteiger partial charge < -0.3 is 25.1 Å². The van der Waals surface area contributed by atoms with Crippen LogP contribution in [0.1, 0.15) is 10.4 Å². The number of benzene rings is 1. The average Bonchev–Trinajstić information content (AvgIpc) is 2.86. The Morgan fingerprint density at radius 1 is 1.29 bits per heavy atom. The van der Waals surface area contributed by atoms with Crippen molar-refractivity contribution in [3.63, 3.8) is 0 Å². The number of aromatic nitrogens is 3. The molecule has 12 heteroatoms. The van der Waals surface area contributed by atoms with Crippen LogP contribution < -0.4 is 26.1 Å². The van der Waals surface area contributed by atoms with Gasteiger partial charge in [0.15, 0.2) is 11.5 Å². The molecule has 0 aliphatic carbocycles. The molecule has 4 N–H and O–H groups in total. The number of rotatable bonds is 8. The van der Waals surface area contributed by atoms with Crippen LogP contribution >= 0.6 is 0 Å². The SMILES string of the molecule is COc1c(OC[C@H](O)CN2CCOCC2)ccc2c(=O)n(C)c(NC(=O)c3ccc(N)nc3)nc12. The van der Waals surface area contributed by atoms with Gasteiger partial charge in [0, 0.05) is 32.9 Å². The first-order chi connectivity index (χ1) is 16.9. The molecule has 1 aromatic carbocycles. The van der Waals surface area contributed by atoms with Crippen LogP contribution in [0.15, 0.2) is 35.3 Å². The molecule has 0 unspecified atom stereocenters. The molecule has 0 bridgehead atoms. The number of fused-ring (bicyclic) bond motifs is 1. The maximum atomic E-state index is 13.0. The van der Waals surface area contributed by atoms with Crippen molar-refractivity contribution in [1.82, 2.24) is 19.4 Å². The number of carbonyl (C=O) groups excluding carboxylic acids is 1. The van der Waals surface area contributed by atoms with Crippen molar-refractivity contribution in [3.8, 4) is 11.5 Å². The fourth-order valence-electron chi connectivity index (χ4n) is 3.75. The largest absolute Gasteiger partial charge is 0.491 e. The summed E-state index contributed by atoms with van der Waals surface area (Å²) >= 11 is 0. The zero-order valence-corrected chi connectivity index (χ0v) is 19.6. The van der Waals surface area contributed by atoms with Crippen LogP contribution in [-0.2, 0) is 11.8 Å². The van der Waals surface area contributed by atoms with Gasteiger partial charge in [-0.3, -0.25) is 24.4 Å². The Bertz CT molecular complexity index is 1260. The number of pyridine rings is 1. The quantitative estimate of drug-likeness (QED) is 0.405. The highest BCUT2D eigenvalue weighted by molar-refractivity contribution is 6.03. The molecule has 1 amide bonds. The van der Waals surface area contributed by atoms with Crippen molar-refractivity contribution < 1.29 is 24.1 Å². The number of aliphatic hydroxyl groups is 1. The molecule has 3 aromatic rings. The lowest BCUT2D eigenvalue weighted by molar-refractivity contribution is 0.00447. The molecule has 1 saturated heterocycles. The summed E-state index contributed by atoms with van der Waals surface area (Å²) in [6.07, 6.45) is 0.604. The van der Waals surface area contributed by atoms with E-state index in [-0.39, 0.29) is 46.1 Å². The van der Waals surface area contributed by atoms with Crippen LogP contribution in [0.2, 0.25) is 0 Å².